The number of hydrogen-bond acceptors (Lipinski definition) is 1. The van der Waals surface area contributed by atoms with Crippen LogP contribution in [-0.2, 0) is 0 Å². The lowest BCUT2D eigenvalue weighted by molar-refractivity contribution is 0.438. The molecule has 0 saturated carbocycles. The maximum Gasteiger partial charge on any atom is 0.0142 e. The third kappa shape index (κ3) is 3.90. The van der Waals surface area contributed by atoms with Gasteiger partial charge in [-0.25, -0.2) is 0 Å². The van der Waals surface area contributed by atoms with E-state index in [0.717, 1.165) is 0 Å². The fourth-order valence-electron chi connectivity index (χ4n) is 1.99. The molecule has 1 rings (SSSR count). The molecule has 0 heterocycles. The molecule has 0 aliphatic rings. The number of rotatable bonds is 4. The Labute approximate surface area is 99.5 Å². The Bertz CT molecular complexity index is 282. The predicted octanol–water partition coefficient (Wildman–Crippen LogP) is 4.52. The maximum atomic E-state index is 4.74. The van der Waals surface area contributed by atoms with Gasteiger partial charge in [-0.3, -0.25) is 0 Å². The molecule has 0 aliphatic heterocycles. The Balaban J connectivity index is 2.92. The second-order valence-corrected chi connectivity index (χ2v) is 6.40. The molecule has 0 bridgehead atoms. The maximum absolute atomic E-state index is 4.74. The molecule has 0 aromatic heterocycles. The Hall–Kier alpha value is -0.430. The molecule has 0 amide bonds. The van der Waals surface area contributed by atoms with Crippen molar-refractivity contribution in [2.75, 3.05) is 0 Å². The molecule has 0 spiro atoms. The summed E-state index contributed by atoms with van der Waals surface area (Å²) >= 11 is 4.74. The largest absolute Gasteiger partial charge is 0.172 e. The molecule has 1 unspecified atom stereocenters. The minimum Gasteiger partial charge on any atom is -0.172 e. The van der Waals surface area contributed by atoms with Gasteiger partial charge in [0.2, 0.25) is 0 Å². The van der Waals surface area contributed by atoms with Gasteiger partial charge in [0.1, 0.15) is 0 Å². The van der Waals surface area contributed by atoms with E-state index >= 15 is 0 Å². The van der Waals surface area contributed by atoms with Gasteiger partial charge in [0, 0.05) is 4.75 Å². The zero-order chi connectivity index (χ0) is 11.5. The summed E-state index contributed by atoms with van der Waals surface area (Å²) in [4.78, 5) is 0. The van der Waals surface area contributed by atoms with Gasteiger partial charge in [0.05, 0.1) is 0 Å². The van der Waals surface area contributed by atoms with Crippen molar-refractivity contribution in [1.82, 2.24) is 0 Å². The van der Waals surface area contributed by atoms with E-state index in [4.69, 9.17) is 12.6 Å². The first-order valence-corrected chi connectivity index (χ1v) is 6.13. The molecule has 1 heteroatoms. The van der Waals surface area contributed by atoms with Crippen LogP contribution in [0.25, 0.3) is 0 Å². The van der Waals surface area contributed by atoms with Crippen LogP contribution in [0.1, 0.15) is 45.6 Å². The van der Waals surface area contributed by atoms with Crippen LogP contribution >= 0.6 is 12.6 Å². The van der Waals surface area contributed by atoms with Crippen LogP contribution in [-0.4, -0.2) is 4.75 Å². The highest BCUT2D eigenvalue weighted by Gasteiger charge is 2.27. The lowest BCUT2D eigenvalue weighted by atomic mass is 9.81. The summed E-state index contributed by atoms with van der Waals surface area (Å²) in [5.74, 6) is 1.24. The van der Waals surface area contributed by atoms with Crippen LogP contribution in [0.5, 0.6) is 0 Å². The second-order valence-electron chi connectivity index (χ2n) is 5.25. The topological polar surface area (TPSA) is 0 Å². The van der Waals surface area contributed by atoms with Gasteiger partial charge in [-0.15, -0.1) is 0 Å². The Morgan fingerprint density at radius 1 is 1.13 bits per heavy atom. The van der Waals surface area contributed by atoms with Gasteiger partial charge in [-0.05, 0) is 23.8 Å². The van der Waals surface area contributed by atoms with Gasteiger partial charge >= 0.3 is 0 Å². The molecule has 0 nitrogen and oxygen atoms in total. The first kappa shape index (κ1) is 12.6. The average molecular weight is 222 g/mol. The molecule has 1 atom stereocenters. The number of hydrogen-bond donors (Lipinski definition) is 1. The molecular weight excluding hydrogens is 200 g/mol. The third-order valence-corrected chi connectivity index (χ3v) is 3.07. The molecular formula is C14H22S. The highest BCUT2D eigenvalue weighted by Crippen LogP contribution is 2.37. The van der Waals surface area contributed by atoms with E-state index in [9.17, 15) is 0 Å². The van der Waals surface area contributed by atoms with Crippen molar-refractivity contribution in [3.05, 3.63) is 35.9 Å². The molecule has 0 fully saturated rings. The molecule has 0 saturated heterocycles. The SMILES string of the molecule is CC(C)CC(c1ccccc1)C(C)(C)S. The summed E-state index contributed by atoms with van der Waals surface area (Å²) < 4.78 is 0.0472. The first-order chi connectivity index (χ1) is 6.91. The van der Waals surface area contributed by atoms with Crippen LogP contribution in [0.15, 0.2) is 30.3 Å². The standard InChI is InChI=1S/C14H22S/c1-11(2)10-13(14(3,4)15)12-8-6-5-7-9-12/h5-9,11,13,15H,10H2,1-4H3. The summed E-state index contributed by atoms with van der Waals surface area (Å²) in [6.45, 7) is 8.96. The van der Waals surface area contributed by atoms with Gasteiger partial charge in [-0.2, -0.15) is 12.6 Å². The minimum atomic E-state index is 0.0472. The van der Waals surface area contributed by atoms with Crippen molar-refractivity contribution in [2.45, 2.75) is 44.8 Å². The molecule has 1 aromatic carbocycles. The van der Waals surface area contributed by atoms with Crippen molar-refractivity contribution in [1.29, 1.82) is 0 Å². The molecule has 0 radical (unpaired) electrons. The monoisotopic (exact) mass is 222 g/mol. The van der Waals surface area contributed by atoms with Gasteiger partial charge in [0.15, 0.2) is 0 Å². The summed E-state index contributed by atoms with van der Waals surface area (Å²) in [7, 11) is 0. The highest BCUT2D eigenvalue weighted by atomic mass is 32.1. The fraction of sp³-hybridized carbons (Fsp3) is 0.571. The molecule has 15 heavy (non-hydrogen) atoms. The van der Waals surface area contributed by atoms with E-state index in [2.05, 4.69) is 58.0 Å². The second kappa shape index (κ2) is 5.07. The zero-order valence-electron chi connectivity index (χ0n) is 10.2. The highest BCUT2D eigenvalue weighted by molar-refractivity contribution is 7.81. The van der Waals surface area contributed by atoms with Crippen LogP contribution < -0.4 is 0 Å². The normalized spacial score (nSPS) is 14.3. The smallest absolute Gasteiger partial charge is 0.0142 e. The van der Waals surface area contributed by atoms with E-state index < -0.39 is 0 Å². The van der Waals surface area contributed by atoms with E-state index in [1.807, 2.05) is 0 Å². The van der Waals surface area contributed by atoms with Gasteiger partial charge in [-0.1, -0.05) is 58.0 Å². The predicted molar refractivity (Wildman–Crippen MR) is 71.7 cm³/mol. The summed E-state index contributed by atoms with van der Waals surface area (Å²) in [5, 5.41) is 0. The average Bonchev–Trinajstić information content (AvgIpc) is 2.14. The lowest BCUT2D eigenvalue weighted by Gasteiger charge is -2.31. The molecule has 84 valence electrons. The van der Waals surface area contributed by atoms with Crippen molar-refractivity contribution >= 4 is 12.6 Å². The minimum absolute atomic E-state index is 0.0472. The van der Waals surface area contributed by atoms with Gasteiger partial charge < -0.3 is 0 Å². The zero-order valence-corrected chi connectivity index (χ0v) is 11.1. The summed E-state index contributed by atoms with van der Waals surface area (Å²) in [6, 6.07) is 10.7. The lowest BCUT2D eigenvalue weighted by Crippen LogP contribution is -2.24. The van der Waals surface area contributed by atoms with Gasteiger partial charge in [0.25, 0.3) is 0 Å². The van der Waals surface area contributed by atoms with E-state index in [1.165, 1.54) is 12.0 Å². The van der Waals surface area contributed by atoms with Crippen molar-refractivity contribution in [3.8, 4) is 0 Å². The molecule has 0 N–H and O–H groups in total. The van der Waals surface area contributed by atoms with Crippen LogP contribution in [0.3, 0.4) is 0 Å². The van der Waals surface area contributed by atoms with Crippen molar-refractivity contribution in [2.24, 2.45) is 5.92 Å². The van der Waals surface area contributed by atoms with Crippen LogP contribution in [0, 0.1) is 5.92 Å². The van der Waals surface area contributed by atoms with Crippen molar-refractivity contribution < 1.29 is 0 Å². The molecule has 1 aromatic rings. The Morgan fingerprint density at radius 3 is 2.07 bits per heavy atom. The Kier molecular flexibility index (Phi) is 4.27. The quantitative estimate of drug-likeness (QED) is 0.711. The van der Waals surface area contributed by atoms with E-state index in [-0.39, 0.29) is 4.75 Å². The number of benzene rings is 1. The van der Waals surface area contributed by atoms with Crippen LogP contribution in [0.4, 0.5) is 0 Å². The first-order valence-electron chi connectivity index (χ1n) is 5.68. The summed E-state index contributed by atoms with van der Waals surface area (Å²) in [5.41, 5.74) is 1.41. The van der Waals surface area contributed by atoms with Crippen molar-refractivity contribution in [3.63, 3.8) is 0 Å². The number of thiol groups is 1. The summed E-state index contributed by atoms with van der Waals surface area (Å²) in [6.07, 6.45) is 1.19. The fourth-order valence-corrected chi connectivity index (χ4v) is 2.24. The Morgan fingerprint density at radius 2 is 1.67 bits per heavy atom. The molecule has 0 aliphatic carbocycles. The van der Waals surface area contributed by atoms with E-state index in [1.54, 1.807) is 0 Å². The van der Waals surface area contributed by atoms with Crippen LogP contribution in [0.2, 0.25) is 0 Å². The third-order valence-electron chi connectivity index (χ3n) is 2.76. The van der Waals surface area contributed by atoms with E-state index in [0.29, 0.717) is 11.8 Å².